The Labute approximate surface area is 228 Å². The monoisotopic (exact) mass is 575 g/mol. The number of aryl methyl sites for hydroxylation is 1. The van der Waals surface area contributed by atoms with Gasteiger partial charge in [0.25, 0.3) is 0 Å². The Morgan fingerprint density at radius 2 is 1.64 bits per heavy atom. The van der Waals surface area contributed by atoms with Crippen LogP contribution in [0.5, 0.6) is 0 Å². The fourth-order valence-electron chi connectivity index (χ4n) is 3.66. The highest BCUT2D eigenvalue weighted by Gasteiger charge is 2.33. The van der Waals surface area contributed by atoms with E-state index in [-0.39, 0.29) is 24.2 Å². The SMILES string of the molecule is CC[C@H](C)NC(=O)[C@H](CC)N(Cc1c(Cl)cccc1Cl)C(=O)CN(c1cc(Cl)ccc1C)S(C)(=O)=O. The van der Waals surface area contributed by atoms with Crippen LogP contribution in [0.4, 0.5) is 5.69 Å². The first kappa shape index (κ1) is 30.2. The second-order valence-corrected chi connectivity index (χ2v) is 11.8. The number of carbonyl (C=O) groups excluding carboxylic acids is 2. The molecule has 2 rings (SSSR count). The van der Waals surface area contributed by atoms with Gasteiger partial charge in [0.15, 0.2) is 0 Å². The van der Waals surface area contributed by atoms with Gasteiger partial charge >= 0.3 is 0 Å². The van der Waals surface area contributed by atoms with E-state index in [1.54, 1.807) is 44.2 Å². The molecule has 0 fully saturated rings. The number of sulfonamides is 1. The molecular weight excluding hydrogens is 545 g/mol. The van der Waals surface area contributed by atoms with Gasteiger partial charge in [-0.1, -0.05) is 60.8 Å². The normalized spacial score (nSPS) is 13.1. The van der Waals surface area contributed by atoms with Gasteiger partial charge in [-0.25, -0.2) is 8.42 Å². The third-order valence-electron chi connectivity index (χ3n) is 5.90. The largest absolute Gasteiger partial charge is 0.352 e. The van der Waals surface area contributed by atoms with Crippen molar-refractivity contribution in [2.45, 2.75) is 59.2 Å². The fraction of sp³-hybridized carbons (Fsp3) is 0.440. The molecule has 7 nitrogen and oxygen atoms in total. The molecule has 2 aromatic rings. The van der Waals surface area contributed by atoms with Crippen molar-refractivity contribution >= 4 is 62.3 Å². The summed E-state index contributed by atoms with van der Waals surface area (Å²) in [5.41, 5.74) is 1.37. The van der Waals surface area contributed by atoms with Crippen molar-refractivity contribution in [1.29, 1.82) is 0 Å². The third-order valence-corrected chi connectivity index (χ3v) is 7.97. The lowest BCUT2D eigenvalue weighted by Crippen LogP contribution is -2.53. The van der Waals surface area contributed by atoms with Gasteiger partial charge in [-0.05, 0) is 56.5 Å². The predicted octanol–water partition coefficient (Wildman–Crippen LogP) is 5.44. The number of halogens is 3. The van der Waals surface area contributed by atoms with Gasteiger partial charge in [0.05, 0.1) is 11.9 Å². The molecule has 0 unspecified atom stereocenters. The van der Waals surface area contributed by atoms with Crippen LogP contribution in [-0.4, -0.2) is 50.0 Å². The molecule has 198 valence electrons. The lowest BCUT2D eigenvalue weighted by atomic mass is 10.1. The summed E-state index contributed by atoms with van der Waals surface area (Å²) in [5, 5.41) is 3.92. The Balaban J connectivity index is 2.55. The molecule has 11 heteroatoms. The van der Waals surface area contributed by atoms with Crippen LogP contribution in [0, 0.1) is 6.92 Å². The van der Waals surface area contributed by atoms with Crippen molar-refractivity contribution in [3.8, 4) is 0 Å². The van der Waals surface area contributed by atoms with E-state index in [1.165, 1.54) is 11.0 Å². The van der Waals surface area contributed by atoms with Gasteiger partial charge < -0.3 is 10.2 Å². The molecule has 0 aliphatic carbocycles. The first-order valence-corrected chi connectivity index (χ1v) is 14.5. The van der Waals surface area contributed by atoms with Crippen LogP contribution >= 0.6 is 34.8 Å². The van der Waals surface area contributed by atoms with E-state index >= 15 is 0 Å². The molecule has 0 aliphatic rings. The lowest BCUT2D eigenvalue weighted by Gasteiger charge is -2.34. The van der Waals surface area contributed by atoms with Crippen molar-refractivity contribution in [3.63, 3.8) is 0 Å². The van der Waals surface area contributed by atoms with Crippen LogP contribution in [0.25, 0.3) is 0 Å². The number of anilines is 1. The maximum atomic E-state index is 13.8. The number of nitrogens with one attached hydrogen (secondary N) is 1. The van der Waals surface area contributed by atoms with E-state index in [1.807, 2.05) is 13.8 Å². The molecule has 0 aromatic heterocycles. The first-order chi connectivity index (χ1) is 16.8. The minimum Gasteiger partial charge on any atom is -0.352 e. The second kappa shape index (κ2) is 13.0. The summed E-state index contributed by atoms with van der Waals surface area (Å²) in [6.45, 7) is 6.71. The number of nitrogens with zero attached hydrogens (tertiary/aromatic N) is 2. The minimum absolute atomic E-state index is 0.0735. The van der Waals surface area contributed by atoms with E-state index in [2.05, 4.69) is 5.32 Å². The summed E-state index contributed by atoms with van der Waals surface area (Å²) < 4.78 is 26.5. The molecule has 0 saturated heterocycles. The topological polar surface area (TPSA) is 86.8 Å². The van der Waals surface area contributed by atoms with E-state index in [4.69, 9.17) is 34.8 Å². The van der Waals surface area contributed by atoms with Gasteiger partial charge in [0.2, 0.25) is 21.8 Å². The maximum absolute atomic E-state index is 13.8. The summed E-state index contributed by atoms with van der Waals surface area (Å²) >= 11 is 18.9. The van der Waals surface area contributed by atoms with Crippen LogP contribution in [0.15, 0.2) is 36.4 Å². The van der Waals surface area contributed by atoms with E-state index < -0.39 is 28.5 Å². The van der Waals surface area contributed by atoms with Crippen molar-refractivity contribution in [1.82, 2.24) is 10.2 Å². The molecule has 36 heavy (non-hydrogen) atoms. The summed E-state index contributed by atoms with van der Waals surface area (Å²) in [7, 11) is -3.88. The van der Waals surface area contributed by atoms with Crippen LogP contribution in [0.3, 0.4) is 0 Å². The predicted molar refractivity (Wildman–Crippen MR) is 147 cm³/mol. The third kappa shape index (κ3) is 7.75. The van der Waals surface area contributed by atoms with Crippen LogP contribution in [0.1, 0.15) is 44.7 Å². The summed E-state index contributed by atoms with van der Waals surface area (Å²) in [4.78, 5) is 28.3. The van der Waals surface area contributed by atoms with Crippen molar-refractivity contribution < 1.29 is 18.0 Å². The van der Waals surface area contributed by atoms with E-state index in [0.29, 0.717) is 39.0 Å². The Bertz CT molecular complexity index is 1190. The molecule has 2 atom stereocenters. The number of hydrogen-bond acceptors (Lipinski definition) is 4. The average molecular weight is 577 g/mol. The number of amides is 2. The van der Waals surface area contributed by atoms with Gasteiger partial charge in [-0.15, -0.1) is 0 Å². The molecular formula is C25H32Cl3N3O4S. The molecule has 0 aliphatic heterocycles. The number of hydrogen-bond donors (Lipinski definition) is 1. The zero-order chi connectivity index (χ0) is 27.2. The average Bonchev–Trinajstić information content (AvgIpc) is 2.79. The molecule has 0 saturated carbocycles. The van der Waals surface area contributed by atoms with Crippen molar-refractivity contribution in [2.24, 2.45) is 0 Å². The van der Waals surface area contributed by atoms with Gasteiger partial charge in [0.1, 0.15) is 12.6 Å². The number of carbonyl (C=O) groups is 2. The number of benzene rings is 2. The quantitative estimate of drug-likeness (QED) is 0.386. The first-order valence-electron chi connectivity index (χ1n) is 11.6. The van der Waals surface area contributed by atoms with Crippen LogP contribution < -0.4 is 9.62 Å². The lowest BCUT2D eigenvalue weighted by molar-refractivity contribution is -0.140. The Hall–Kier alpha value is -2.00. The molecule has 2 amide bonds. The Morgan fingerprint density at radius 3 is 2.17 bits per heavy atom. The summed E-state index contributed by atoms with van der Waals surface area (Å²) in [6.07, 6.45) is 2.02. The van der Waals surface area contributed by atoms with Crippen LogP contribution in [-0.2, 0) is 26.2 Å². The van der Waals surface area contributed by atoms with Gasteiger partial charge in [0, 0.05) is 33.2 Å². The smallest absolute Gasteiger partial charge is 0.244 e. The van der Waals surface area contributed by atoms with Crippen LogP contribution in [0.2, 0.25) is 15.1 Å². The molecule has 0 bridgehead atoms. The minimum atomic E-state index is -3.88. The second-order valence-electron chi connectivity index (χ2n) is 8.66. The number of rotatable bonds is 11. The standard InChI is InChI=1S/C25H32Cl3N3O4S/c1-6-17(4)29-25(33)22(7-2)30(14-19-20(27)9-8-10-21(19)28)24(32)15-31(36(5,34)35)23-13-18(26)12-11-16(23)3/h8-13,17,22H,6-7,14-15H2,1-5H3,(H,29,33)/t17-,22-/m0/s1. The molecule has 0 spiro atoms. The molecule has 1 N–H and O–H groups in total. The van der Waals surface area contributed by atoms with Gasteiger partial charge in [-0.3, -0.25) is 13.9 Å². The van der Waals surface area contributed by atoms with E-state index in [9.17, 15) is 18.0 Å². The highest BCUT2D eigenvalue weighted by Crippen LogP contribution is 2.29. The molecule has 0 radical (unpaired) electrons. The summed E-state index contributed by atoms with van der Waals surface area (Å²) in [6, 6.07) is 8.80. The highest BCUT2D eigenvalue weighted by molar-refractivity contribution is 7.92. The van der Waals surface area contributed by atoms with Crippen molar-refractivity contribution in [3.05, 3.63) is 62.6 Å². The summed E-state index contributed by atoms with van der Waals surface area (Å²) in [5.74, 6) is -0.921. The Kier molecular flexibility index (Phi) is 10.9. The molecule has 2 aromatic carbocycles. The maximum Gasteiger partial charge on any atom is 0.244 e. The fourth-order valence-corrected chi connectivity index (χ4v) is 5.24. The zero-order valence-corrected chi connectivity index (χ0v) is 24.1. The Morgan fingerprint density at radius 1 is 1.03 bits per heavy atom. The molecule has 0 heterocycles. The van der Waals surface area contributed by atoms with E-state index in [0.717, 1.165) is 10.6 Å². The van der Waals surface area contributed by atoms with Crippen molar-refractivity contribution in [2.75, 3.05) is 17.1 Å². The van der Waals surface area contributed by atoms with Gasteiger partial charge in [-0.2, -0.15) is 0 Å². The zero-order valence-electron chi connectivity index (χ0n) is 21.0. The highest BCUT2D eigenvalue weighted by atomic mass is 35.5.